The molecule has 0 bridgehead atoms. The van der Waals surface area contributed by atoms with Gasteiger partial charge < -0.3 is 15.2 Å². The van der Waals surface area contributed by atoms with Gasteiger partial charge in [0.2, 0.25) is 5.88 Å². The number of aromatic nitrogens is 2. The maximum atomic E-state index is 14.2. The van der Waals surface area contributed by atoms with Crippen LogP contribution in [-0.2, 0) is 10.0 Å². The Morgan fingerprint density at radius 1 is 1.06 bits per heavy atom. The van der Waals surface area contributed by atoms with Crippen LogP contribution >= 0.6 is 0 Å². The smallest absolute Gasteiger partial charge is 0.281 e. The van der Waals surface area contributed by atoms with Crippen molar-refractivity contribution in [3.8, 4) is 22.9 Å². The molecule has 13 heteroatoms. The van der Waals surface area contributed by atoms with Crippen molar-refractivity contribution < 1.29 is 35.9 Å². The molecule has 0 fully saturated rings. The fraction of sp³-hybridized carbons (Fsp3) is 0.261. The Morgan fingerprint density at radius 3 is 2.47 bits per heavy atom. The third-order valence-corrected chi connectivity index (χ3v) is 5.68. The minimum absolute atomic E-state index is 0.0741. The highest BCUT2D eigenvalue weighted by Gasteiger charge is 2.24. The predicted octanol–water partition coefficient (Wildman–Crippen LogP) is 3.66. The van der Waals surface area contributed by atoms with Gasteiger partial charge in [0.1, 0.15) is 22.9 Å². The lowest BCUT2D eigenvalue weighted by atomic mass is 10.1. The maximum Gasteiger partial charge on any atom is 0.281 e. The van der Waals surface area contributed by atoms with Gasteiger partial charge in [0, 0.05) is 11.6 Å². The Hall–Kier alpha value is -3.87. The minimum atomic E-state index is -4.45. The molecule has 3 aromatic rings. The van der Waals surface area contributed by atoms with Crippen LogP contribution in [0.4, 0.5) is 19.0 Å². The molecule has 0 radical (unpaired) electrons. The molecule has 3 N–H and O–H groups in total. The molecule has 192 valence electrons. The highest BCUT2D eigenvalue weighted by molar-refractivity contribution is 7.90. The van der Waals surface area contributed by atoms with Gasteiger partial charge in [-0.3, -0.25) is 4.79 Å². The van der Waals surface area contributed by atoms with Gasteiger partial charge >= 0.3 is 0 Å². The lowest BCUT2D eigenvalue weighted by Crippen LogP contribution is -2.32. The summed E-state index contributed by atoms with van der Waals surface area (Å²) in [4.78, 5) is 20.5. The molecular formula is C23H23F3N4O5S. The molecule has 0 atom stereocenters. The van der Waals surface area contributed by atoms with Crippen LogP contribution in [0, 0.1) is 11.7 Å². The lowest BCUT2D eigenvalue weighted by molar-refractivity contribution is 0.0776. The third kappa shape index (κ3) is 7.07. The molecule has 2 heterocycles. The largest absolute Gasteiger partial charge is 0.493 e. The highest BCUT2D eigenvalue weighted by Crippen LogP contribution is 2.28. The Kier molecular flexibility index (Phi) is 8.35. The number of carbonyl (C=O) groups is 1. The van der Waals surface area contributed by atoms with Crippen LogP contribution in [-0.4, -0.2) is 43.9 Å². The quantitative estimate of drug-likeness (QED) is 0.411. The zero-order valence-electron chi connectivity index (χ0n) is 19.2. The Labute approximate surface area is 205 Å². The van der Waals surface area contributed by atoms with E-state index >= 15 is 0 Å². The van der Waals surface area contributed by atoms with Gasteiger partial charge in [0.05, 0.1) is 12.3 Å². The minimum Gasteiger partial charge on any atom is -0.493 e. The first-order valence-corrected chi connectivity index (χ1v) is 12.1. The second kappa shape index (κ2) is 11.2. The molecule has 0 aliphatic rings. The Balaban J connectivity index is 1.96. The molecule has 0 aliphatic carbocycles. The van der Waals surface area contributed by atoms with Crippen molar-refractivity contribution >= 4 is 21.7 Å². The van der Waals surface area contributed by atoms with Crippen molar-refractivity contribution in [2.24, 2.45) is 5.92 Å². The number of pyridine rings is 2. The average molecular weight is 525 g/mol. The molecular weight excluding hydrogens is 501 g/mol. The number of nitrogens with one attached hydrogen (secondary N) is 1. The molecule has 1 amide bonds. The molecule has 3 rings (SSSR count). The molecule has 0 unspecified atom stereocenters. The first-order chi connectivity index (χ1) is 16.9. The number of ether oxygens (including phenoxy) is 2. The van der Waals surface area contributed by atoms with Crippen molar-refractivity contribution in [1.29, 1.82) is 0 Å². The van der Waals surface area contributed by atoms with Gasteiger partial charge in [-0.2, -0.15) is 8.42 Å². The summed E-state index contributed by atoms with van der Waals surface area (Å²) in [7, 11) is -4.45. The number of alkyl halides is 2. The first-order valence-electron chi connectivity index (χ1n) is 10.6. The second-order valence-electron chi connectivity index (χ2n) is 7.97. The van der Waals surface area contributed by atoms with Gasteiger partial charge in [-0.25, -0.2) is 27.9 Å². The summed E-state index contributed by atoms with van der Waals surface area (Å²) in [6.07, 6.45) is -2.91. The van der Waals surface area contributed by atoms with E-state index in [1.165, 1.54) is 30.3 Å². The number of hydrogen-bond acceptors (Lipinski definition) is 8. The standard InChI is InChI=1S/C23H23F3N4O5S/c1-13(2)11-34-16-9-14(8-15(24)10-16)18-7-6-17(23(28-18)35-12-19(25)26)22(31)30-36(32,33)21-5-3-4-20(27)29-21/h3-10,13,19H,11-12H2,1-2H3,(H2,27,29)(H,30,31). The number of amides is 1. The number of nitrogens with zero attached hydrogens (tertiary/aromatic N) is 2. The number of halogens is 3. The summed E-state index contributed by atoms with van der Waals surface area (Å²) >= 11 is 0. The SMILES string of the molecule is CC(C)COc1cc(F)cc(-c2ccc(C(=O)NS(=O)(=O)c3cccc(N)n3)c(OCC(F)F)n2)c1. The van der Waals surface area contributed by atoms with Gasteiger partial charge in [0.15, 0.2) is 11.6 Å². The summed E-state index contributed by atoms with van der Waals surface area (Å²) in [5, 5.41) is -0.524. The van der Waals surface area contributed by atoms with Crippen molar-refractivity contribution in [3.63, 3.8) is 0 Å². The van der Waals surface area contributed by atoms with E-state index in [0.717, 1.165) is 18.2 Å². The van der Waals surface area contributed by atoms with Crippen LogP contribution < -0.4 is 19.9 Å². The molecule has 0 aliphatic heterocycles. The monoisotopic (exact) mass is 524 g/mol. The predicted molar refractivity (Wildman–Crippen MR) is 125 cm³/mol. The van der Waals surface area contributed by atoms with Crippen LogP contribution in [0.1, 0.15) is 24.2 Å². The van der Waals surface area contributed by atoms with E-state index in [4.69, 9.17) is 15.2 Å². The van der Waals surface area contributed by atoms with Gasteiger partial charge in [-0.05, 0) is 42.3 Å². The number of benzene rings is 1. The summed E-state index contributed by atoms with van der Waals surface area (Å²) in [6, 6.07) is 10.0. The number of carbonyl (C=O) groups excluding carboxylic acids is 1. The van der Waals surface area contributed by atoms with E-state index in [9.17, 15) is 26.4 Å². The highest BCUT2D eigenvalue weighted by atomic mass is 32.2. The zero-order chi connectivity index (χ0) is 26.5. The molecule has 36 heavy (non-hydrogen) atoms. The number of sulfonamides is 1. The van der Waals surface area contributed by atoms with Gasteiger partial charge in [-0.1, -0.05) is 19.9 Å². The molecule has 0 saturated carbocycles. The number of nitrogen functional groups attached to an aromatic ring is 1. The number of rotatable bonds is 10. The number of anilines is 1. The maximum absolute atomic E-state index is 14.2. The van der Waals surface area contributed by atoms with E-state index < -0.39 is 51.2 Å². The number of hydrogen-bond donors (Lipinski definition) is 2. The topological polar surface area (TPSA) is 134 Å². The zero-order valence-corrected chi connectivity index (χ0v) is 20.1. The Morgan fingerprint density at radius 2 is 1.81 bits per heavy atom. The molecule has 0 spiro atoms. The van der Waals surface area contributed by atoms with E-state index in [1.807, 2.05) is 13.8 Å². The van der Waals surface area contributed by atoms with E-state index in [1.54, 1.807) is 4.72 Å². The van der Waals surface area contributed by atoms with E-state index in [2.05, 4.69) is 9.97 Å². The fourth-order valence-corrected chi connectivity index (χ4v) is 3.83. The molecule has 2 aromatic heterocycles. The van der Waals surface area contributed by atoms with Crippen molar-refractivity contribution in [1.82, 2.24) is 14.7 Å². The van der Waals surface area contributed by atoms with Gasteiger partial charge in [-0.15, -0.1) is 0 Å². The second-order valence-corrected chi connectivity index (χ2v) is 9.60. The normalized spacial score (nSPS) is 11.5. The van der Waals surface area contributed by atoms with E-state index in [0.29, 0.717) is 6.61 Å². The van der Waals surface area contributed by atoms with Crippen LogP contribution in [0.3, 0.4) is 0 Å². The van der Waals surface area contributed by atoms with Crippen LogP contribution in [0.5, 0.6) is 11.6 Å². The molecule has 1 aromatic carbocycles. The molecule has 9 nitrogen and oxygen atoms in total. The third-order valence-electron chi connectivity index (χ3n) is 4.45. The van der Waals surface area contributed by atoms with Gasteiger partial charge in [0.25, 0.3) is 22.4 Å². The van der Waals surface area contributed by atoms with Crippen molar-refractivity contribution in [2.75, 3.05) is 18.9 Å². The fourth-order valence-electron chi connectivity index (χ4n) is 2.89. The van der Waals surface area contributed by atoms with Crippen LogP contribution in [0.15, 0.2) is 53.6 Å². The first kappa shape index (κ1) is 26.7. The summed E-state index contributed by atoms with van der Waals surface area (Å²) in [5.41, 5.74) is 5.34. The van der Waals surface area contributed by atoms with Crippen molar-refractivity contribution in [2.45, 2.75) is 25.3 Å². The van der Waals surface area contributed by atoms with Crippen LogP contribution in [0.25, 0.3) is 11.3 Å². The molecule has 0 saturated heterocycles. The van der Waals surface area contributed by atoms with Crippen LogP contribution in [0.2, 0.25) is 0 Å². The summed E-state index contributed by atoms with van der Waals surface area (Å²) < 4.78 is 77.2. The lowest BCUT2D eigenvalue weighted by Gasteiger charge is -2.14. The summed E-state index contributed by atoms with van der Waals surface area (Å²) in [5.74, 6) is -2.11. The average Bonchev–Trinajstić information content (AvgIpc) is 2.80. The number of nitrogens with two attached hydrogens (primary N) is 1. The summed E-state index contributed by atoms with van der Waals surface area (Å²) in [6.45, 7) is 3.04. The van der Waals surface area contributed by atoms with E-state index in [-0.39, 0.29) is 28.7 Å². The van der Waals surface area contributed by atoms with Crippen molar-refractivity contribution in [3.05, 3.63) is 59.9 Å². The Bertz CT molecular complexity index is 1350.